The number of hydrogen-bond acceptors (Lipinski definition) is 4. The Bertz CT molecular complexity index is 1390. The van der Waals surface area contributed by atoms with Crippen molar-refractivity contribution in [3.63, 3.8) is 0 Å². The van der Waals surface area contributed by atoms with E-state index in [1.165, 1.54) is 22.9 Å². The Hall–Kier alpha value is -2.80. The second-order valence-corrected chi connectivity index (χ2v) is 10.3. The number of sulfonamides is 1. The minimum absolute atomic E-state index is 0.238. The van der Waals surface area contributed by atoms with Crippen LogP contribution in [0.2, 0.25) is 5.02 Å². The van der Waals surface area contributed by atoms with Crippen molar-refractivity contribution in [2.24, 2.45) is 0 Å². The van der Waals surface area contributed by atoms with E-state index in [0.717, 1.165) is 27.5 Å². The van der Waals surface area contributed by atoms with Crippen molar-refractivity contribution in [3.05, 3.63) is 101 Å². The second-order valence-electron chi connectivity index (χ2n) is 7.17. The minimum atomic E-state index is -3.74. The molecule has 1 aliphatic carbocycles. The lowest BCUT2D eigenvalue weighted by molar-refractivity contribution is 0.601. The smallest absolute Gasteiger partial charge is 0.261 e. The summed E-state index contributed by atoms with van der Waals surface area (Å²) < 4.78 is 28.6. The molecule has 1 aliphatic rings. The number of nitrogens with one attached hydrogen (secondary N) is 1. The summed E-state index contributed by atoms with van der Waals surface area (Å²) in [5, 5.41) is 1.28. The Balaban J connectivity index is 1.38. The molecule has 0 saturated carbocycles. The van der Waals surface area contributed by atoms with Gasteiger partial charge < -0.3 is 0 Å². The number of benzene rings is 3. The van der Waals surface area contributed by atoms with Crippen LogP contribution < -0.4 is 4.72 Å². The molecule has 0 saturated heterocycles. The van der Waals surface area contributed by atoms with E-state index in [9.17, 15) is 8.42 Å². The summed E-state index contributed by atoms with van der Waals surface area (Å²) in [7, 11) is -3.74. The molecule has 1 N–H and O–H groups in total. The molecule has 4 nitrogen and oxygen atoms in total. The van der Waals surface area contributed by atoms with Crippen LogP contribution in [0.4, 0.5) is 5.69 Å². The molecule has 5 rings (SSSR count). The normalized spacial score (nSPS) is 12.3. The molecule has 7 heteroatoms. The van der Waals surface area contributed by atoms with E-state index >= 15 is 0 Å². The summed E-state index contributed by atoms with van der Waals surface area (Å²) in [6.45, 7) is 0. The van der Waals surface area contributed by atoms with Crippen LogP contribution in [0.15, 0.2) is 99.9 Å². The van der Waals surface area contributed by atoms with Gasteiger partial charge >= 0.3 is 0 Å². The van der Waals surface area contributed by atoms with Crippen LogP contribution in [0.5, 0.6) is 0 Å². The minimum Gasteiger partial charge on any atom is -0.280 e. The van der Waals surface area contributed by atoms with Gasteiger partial charge in [-0.3, -0.25) is 4.72 Å². The zero-order valence-electron chi connectivity index (χ0n) is 16.2. The average Bonchev–Trinajstić information content (AvgIpc) is 3.14. The number of fused-ring (bicyclic) bond motifs is 3. The number of rotatable bonds is 5. The molecule has 0 aliphatic heterocycles. The van der Waals surface area contributed by atoms with E-state index in [-0.39, 0.29) is 4.90 Å². The van der Waals surface area contributed by atoms with Crippen molar-refractivity contribution in [1.82, 2.24) is 4.98 Å². The highest BCUT2D eigenvalue weighted by Gasteiger charge is 2.22. The number of pyridine rings is 1. The first kappa shape index (κ1) is 20.1. The van der Waals surface area contributed by atoms with Crippen LogP contribution in [-0.4, -0.2) is 13.4 Å². The van der Waals surface area contributed by atoms with Gasteiger partial charge in [0.1, 0.15) is 5.03 Å². The molecule has 0 unspecified atom stereocenters. The third kappa shape index (κ3) is 4.06. The van der Waals surface area contributed by atoms with Crippen LogP contribution in [0.3, 0.4) is 0 Å². The number of hydrogen-bond donors (Lipinski definition) is 1. The van der Waals surface area contributed by atoms with Crippen LogP contribution in [0, 0.1) is 0 Å². The van der Waals surface area contributed by atoms with E-state index in [1.807, 2.05) is 36.4 Å². The molecule has 0 spiro atoms. The molecule has 31 heavy (non-hydrogen) atoms. The summed E-state index contributed by atoms with van der Waals surface area (Å²) in [6, 6.07) is 24.2. The fourth-order valence-corrected chi connectivity index (χ4v) is 5.84. The lowest BCUT2D eigenvalue weighted by Gasteiger charge is -2.11. The van der Waals surface area contributed by atoms with E-state index in [0.29, 0.717) is 10.7 Å². The predicted molar refractivity (Wildman–Crippen MR) is 125 cm³/mol. The number of nitrogens with zero attached hydrogens (tertiary/aromatic N) is 1. The van der Waals surface area contributed by atoms with Crippen LogP contribution in [0.25, 0.3) is 11.1 Å². The third-order valence-corrected chi connectivity index (χ3v) is 7.94. The van der Waals surface area contributed by atoms with Crippen LogP contribution >= 0.6 is 23.4 Å². The Morgan fingerprint density at radius 3 is 2.48 bits per heavy atom. The van der Waals surface area contributed by atoms with Crippen molar-refractivity contribution in [1.29, 1.82) is 0 Å². The summed E-state index contributed by atoms with van der Waals surface area (Å²) in [6.07, 6.45) is 2.45. The monoisotopic (exact) mass is 464 g/mol. The van der Waals surface area contributed by atoms with Gasteiger partial charge in [0.05, 0.1) is 15.6 Å². The first-order chi connectivity index (χ1) is 15.0. The van der Waals surface area contributed by atoms with Gasteiger partial charge in [0.25, 0.3) is 10.0 Å². The molecule has 0 radical (unpaired) electrons. The van der Waals surface area contributed by atoms with Crippen molar-refractivity contribution in [2.75, 3.05) is 4.72 Å². The maximum absolute atomic E-state index is 13.0. The van der Waals surface area contributed by atoms with Gasteiger partial charge in [-0.25, -0.2) is 13.4 Å². The van der Waals surface area contributed by atoms with Crippen molar-refractivity contribution in [2.45, 2.75) is 21.2 Å². The number of aromatic nitrogens is 1. The van der Waals surface area contributed by atoms with Gasteiger partial charge in [-0.15, -0.1) is 0 Å². The van der Waals surface area contributed by atoms with Crippen molar-refractivity contribution in [3.8, 4) is 11.1 Å². The third-order valence-electron chi connectivity index (χ3n) is 5.11. The summed E-state index contributed by atoms with van der Waals surface area (Å²) >= 11 is 7.82. The highest BCUT2D eigenvalue weighted by molar-refractivity contribution is 7.99. The first-order valence-corrected chi connectivity index (χ1v) is 12.3. The molecule has 4 aromatic rings. The van der Waals surface area contributed by atoms with E-state index < -0.39 is 10.0 Å². The number of anilines is 1. The van der Waals surface area contributed by atoms with E-state index in [1.54, 1.807) is 36.5 Å². The Morgan fingerprint density at radius 2 is 1.68 bits per heavy atom. The standard InChI is InChI=1S/C24H17ClN2O2S2/c25-22-15-18(8-11-23(22)30-24-7-3-4-12-26-24)27-31(28,29)19-9-10-21-17(14-19)13-16-5-1-2-6-20(16)21/h1-12,14-15,27H,13H2. The molecule has 1 heterocycles. The first-order valence-electron chi connectivity index (χ1n) is 9.62. The summed E-state index contributed by atoms with van der Waals surface area (Å²) in [4.78, 5) is 5.32. The fourth-order valence-electron chi connectivity index (χ4n) is 3.67. The summed E-state index contributed by atoms with van der Waals surface area (Å²) in [5.74, 6) is 0. The lowest BCUT2D eigenvalue weighted by atomic mass is 10.1. The topological polar surface area (TPSA) is 59.1 Å². The molecule has 0 fully saturated rings. The Labute approximate surface area is 190 Å². The average molecular weight is 465 g/mol. The molecular weight excluding hydrogens is 448 g/mol. The highest BCUT2D eigenvalue weighted by Crippen LogP contribution is 2.38. The molecule has 154 valence electrons. The number of halogens is 1. The maximum Gasteiger partial charge on any atom is 0.261 e. The fraction of sp³-hybridized carbons (Fsp3) is 0.0417. The van der Waals surface area contributed by atoms with Crippen molar-refractivity contribution < 1.29 is 8.42 Å². The van der Waals surface area contributed by atoms with E-state index in [2.05, 4.69) is 21.8 Å². The van der Waals surface area contributed by atoms with Crippen molar-refractivity contribution >= 4 is 39.1 Å². The second kappa shape index (κ2) is 8.04. The Kier molecular flexibility index (Phi) is 5.22. The van der Waals surface area contributed by atoms with Gasteiger partial charge in [-0.2, -0.15) is 0 Å². The molecule has 3 aromatic carbocycles. The van der Waals surface area contributed by atoms with E-state index in [4.69, 9.17) is 11.6 Å². The molecule has 0 amide bonds. The molecular formula is C24H17ClN2O2S2. The SMILES string of the molecule is O=S(=O)(Nc1ccc(Sc2ccccn2)c(Cl)c1)c1ccc2c(c1)Cc1ccccc1-2. The largest absolute Gasteiger partial charge is 0.280 e. The zero-order chi connectivity index (χ0) is 21.4. The van der Waals surface area contributed by atoms with Gasteiger partial charge in [0.15, 0.2) is 0 Å². The Morgan fingerprint density at radius 1 is 0.871 bits per heavy atom. The van der Waals surface area contributed by atoms with Gasteiger partial charge in [0, 0.05) is 11.1 Å². The molecule has 0 atom stereocenters. The van der Waals surface area contributed by atoms with Crippen LogP contribution in [0.1, 0.15) is 11.1 Å². The quantitative estimate of drug-likeness (QED) is 0.333. The van der Waals surface area contributed by atoms with Gasteiger partial charge in [-0.05, 0) is 71.1 Å². The lowest BCUT2D eigenvalue weighted by Crippen LogP contribution is -2.13. The molecule has 0 bridgehead atoms. The predicted octanol–water partition coefficient (Wildman–Crippen LogP) is 6.26. The van der Waals surface area contributed by atoms with Gasteiger partial charge in [0.2, 0.25) is 0 Å². The zero-order valence-corrected chi connectivity index (χ0v) is 18.6. The van der Waals surface area contributed by atoms with Gasteiger partial charge in [-0.1, -0.05) is 59.8 Å². The molecule has 1 aromatic heterocycles. The highest BCUT2D eigenvalue weighted by atomic mass is 35.5. The van der Waals surface area contributed by atoms with Crippen LogP contribution in [-0.2, 0) is 16.4 Å². The maximum atomic E-state index is 13.0. The summed E-state index contributed by atoms with van der Waals surface area (Å²) in [5.41, 5.74) is 4.91.